The van der Waals surface area contributed by atoms with Gasteiger partial charge in [-0.15, -0.1) is 0 Å². The second-order valence-corrected chi connectivity index (χ2v) is 8.64. The Morgan fingerprint density at radius 2 is 1.83 bits per heavy atom. The average Bonchev–Trinajstić information content (AvgIpc) is 2.99. The van der Waals surface area contributed by atoms with Gasteiger partial charge in [0.1, 0.15) is 0 Å². The summed E-state index contributed by atoms with van der Waals surface area (Å²) < 4.78 is 22.9. The number of carbonyl (C=O) groups excluding carboxylic acids is 1. The zero-order valence-corrected chi connectivity index (χ0v) is 12.3. The summed E-state index contributed by atoms with van der Waals surface area (Å²) in [6, 6.07) is 0.388. The quantitative estimate of drug-likeness (QED) is 0.662. The van der Waals surface area contributed by atoms with Crippen molar-refractivity contribution in [2.45, 2.75) is 50.8 Å². The van der Waals surface area contributed by atoms with Crippen molar-refractivity contribution >= 4 is 15.7 Å². The summed E-state index contributed by atoms with van der Waals surface area (Å²) in [5, 5.41) is 5.89. The Labute approximate surface area is 110 Å². The second kappa shape index (κ2) is 6.02. The van der Waals surface area contributed by atoms with Crippen LogP contribution in [0.2, 0.25) is 0 Å². The topological polar surface area (TPSA) is 75.3 Å². The summed E-state index contributed by atoms with van der Waals surface area (Å²) in [5.74, 6) is 0.157. The van der Waals surface area contributed by atoms with Gasteiger partial charge in [-0.05, 0) is 33.6 Å². The molecule has 0 unspecified atom stereocenters. The predicted molar refractivity (Wildman–Crippen MR) is 72.2 cm³/mol. The van der Waals surface area contributed by atoms with Crippen LogP contribution in [0.25, 0.3) is 0 Å². The SMILES string of the molecule is CC(C)(C)S(=O)(=O)CCNCCC(=O)NC1CC1. The molecule has 1 aliphatic carbocycles. The van der Waals surface area contributed by atoms with Crippen LogP contribution < -0.4 is 10.6 Å². The zero-order valence-electron chi connectivity index (χ0n) is 11.5. The van der Waals surface area contributed by atoms with Crippen molar-refractivity contribution in [1.29, 1.82) is 0 Å². The molecule has 1 aliphatic rings. The Balaban J connectivity index is 2.09. The van der Waals surface area contributed by atoms with Crippen molar-refractivity contribution < 1.29 is 13.2 Å². The van der Waals surface area contributed by atoms with Crippen LogP contribution in [0.1, 0.15) is 40.0 Å². The molecule has 0 radical (unpaired) electrons. The van der Waals surface area contributed by atoms with E-state index in [1.54, 1.807) is 20.8 Å². The van der Waals surface area contributed by atoms with Crippen molar-refractivity contribution in [3.05, 3.63) is 0 Å². The van der Waals surface area contributed by atoms with E-state index in [0.29, 0.717) is 25.6 Å². The maximum absolute atomic E-state index is 11.8. The lowest BCUT2D eigenvalue weighted by atomic mass is 10.3. The summed E-state index contributed by atoms with van der Waals surface area (Å²) in [6.45, 7) is 6.02. The van der Waals surface area contributed by atoms with Crippen LogP contribution in [0.4, 0.5) is 0 Å². The molecular formula is C12H24N2O3S. The van der Waals surface area contributed by atoms with Crippen LogP contribution in [0.3, 0.4) is 0 Å². The van der Waals surface area contributed by atoms with E-state index in [0.717, 1.165) is 12.8 Å². The molecule has 0 heterocycles. The molecule has 5 nitrogen and oxygen atoms in total. The van der Waals surface area contributed by atoms with Crippen molar-refractivity contribution in [2.75, 3.05) is 18.8 Å². The van der Waals surface area contributed by atoms with Gasteiger partial charge in [-0.25, -0.2) is 8.42 Å². The Kier molecular flexibility index (Phi) is 5.16. The number of hydrogen-bond acceptors (Lipinski definition) is 4. The molecular weight excluding hydrogens is 252 g/mol. The summed E-state index contributed by atoms with van der Waals surface area (Å²) in [5.41, 5.74) is 0. The van der Waals surface area contributed by atoms with E-state index >= 15 is 0 Å². The van der Waals surface area contributed by atoms with E-state index in [2.05, 4.69) is 10.6 Å². The summed E-state index contributed by atoms with van der Waals surface area (Å²) in [7, 11) is -3.07. The summed E-state index contributed by atoms with van der Waals surface area (Å²) >= 11 is 0. The number of nitrogens with one attached hydrogen (secondary N) is 2. The fourth-order valence-electron chi connectivity index (χ4n) is 1.37. The molecule has 0 spiro atoms. The first-order valence-corrected chi connectivity index (χ1v) is 8.10. The lowest BCUT2D eigenvalue weighted by Crippen LogP contribution is -2.36. The molecule has 1 fully saturated rings. The molecule has 0 bridgehead atoms. The minimum absolute atomic E-state index is 0.0451. The lowest BCUT2D eigenvalue weighted by molar-refractivity contribution is -0.121. The maximum Gasteiger partial charge on any atom is 0.221 e. The van der Waals surface area contributed by atoms with Gasteiger partial charge in [-0.1, -0.05) is 0 Å². The Bertz CT molecular complexity index is 381. The third-order valence-corrected chi connectivity index (χ3v) is 5.56. The largest absolute Gasteiger partial charge is 0.353 e. The van der Waals surface area contributed by atoms with E-state index in [1.165, 1.54) is 0 Å². The van der Waals surface area contributed by atoms with Gasteiger partial charge in [0.05, 0.1) is 10.5 Å². The number of carbonyl (C=O) groups is 1. The van der Waals surface area contributed by atoms with Crippen LogP contribution in [-0.4, -0.2) is 44.0 Å². The Morgan fingerprint density at radius 3 is 2.33 bits per heavy atom. The first-order chi connectivity index (χ1) is 8.22. The minimum Gasteiger partial charge on any atom is -0.353 e. The Hall–Kier alpha value is -0.620. The first-order valence-electron chi connectivity index (χ1n) is 6.45. The van der Waals surface area contributed by atoms with E-state index in [4.69, 9.17) is 0 Å². The van der Waals surface area contributed by atoms with E-state index in [9.17, 15) is 13.2 Å². The monoisotopic (exact) mass is 276 g/mol. The number of sulfone groups is 1. The van der Waals surface area contributed by atoms with Crippen LogP contribution in [0.15, 0.2) is 0 Å². The van der Waals surface area contributed by atoms with Gasteiger partial charge in [-0.2, -0.15) is 0 Å². The summed E-state index contributed by atoms with van der Waals surface area (Å²) in [4.78, 5) is 11.3. The van der Waals surface area contributed by atoms with Crippen LogP contribution in [0.5, 0.6) is 0 Å². The molecule has 106 valence electrons. The van der Waals surface area contributed by atoms with Crippen molar-refractivity contribution in [1.82, 2.24) is 10.6 Å². The Morgan fingerprint density at radius 1 is 1.22 bits per heavy atom. The van der Waals surface area contributed by atoms with Crippen molar-refractivity contribution in [3.8, 4) is 0 Å². The highest BCUT2D eigenvalue weighted by Gasteiger charge is 2.28. The highest BCUT2D eigenvalue weighted by Crippen LogP contribution is 2.18. The highest BCUT2D eigenvalue weighted by atomic mass is 32.2. The first kappa shape index (κ1) is 15.4. The lowest BCUT2D eigenvalue weighted by Gasteiger charge is -2.19. The second-order valence-electron chi connectivity index (χ2n) is 5.77. The number of rotatable bonds is 7. The minimum atomic E-state index is -3.07. The fraction of sp³-hybridized carbons (Fsp3) is 0.917. The molecule has 18 heavy (non-hydrogen) atoms. The molecule has 1 rings (SSSR count). The van der Waals surface area contributed by atoms with E-state index in [1.807, 2.05) is 0 Å². The van der Waals surface area contributed by atoms with Crippen LogP contribution >= 0.6 is 0 Å². The molecule has 0 aromatic carbocycles. The molecule has 0 atom stereocenters. The molecule has 1 amide bonds. The van der Waals surface area contributed by atoms with Gasteiger partial charge < -0.3 is 10.6 Å². The molecule has 0 aromatic rings. The normalized spacial score (nSPS) is 16.6. The molecule has 1 saturated carbocycles. The molecule has 0 aromatic heterocycles. The smallest absolute Gasteiger partial charge is 0.221 e. The van der Waals surface area contributed by atoms with Gasteiger partial charge in [0.15, 0.2) is 9.84 Å². The van der Waals surface area contributed by atoms with Gasteiger partial charge in [-0.3, -0.25) is 4.79 Å². The molecule has 0 saturated heterocycles. The molecule has 2 N–H and O–H groups in total. The predicted octanol–water partition coefficient (Wildman–Crippen LogP) is 0.458. The third kappa shape index (κ3) is 5.35. The standard InChI is InChI=1S/C12H24N2O3S/c1-12(2,3)18(16,17)9-8-13-7-6-11(15)14-10-4-5-10/h10,13H,4-9H2,1-3H3,(H,14,15). The average molecular weight is 276 g/mol. The fourth-order valence-corrected chi connectivity index (χ4v) is 2.39. The number of hydrogen-bond donors (Lipinski definition) is 2. The van der Waals surface area contributed by atoms with Gasteiger partial charge in [0, 0.05) is 25.6 Å². The van der Waals surface area contributed by atoms with E-state index in [-0.39, 0.29) is 11.7 Å². The van der Waals surface area contributed by atoms with Gasteiger partial charge in [0.2, 0.25) is 5.91 Å². The summed E-state index contributed by atoms with van der Waals surface area (Å²) in [6.07, 6.45) is 2.58. The van der Waals surface area contributed by atoms with Crippen LogP contribution in [-0.2, 0) is 14.6 Å². The van der Waals surface area contributed by atoms with Gasteiger partial charge in [0.25, 0.3) is 0 Å². The maximum atomic E-state index is 11.8. The van der Waals surface area contributed by atoms with Crippen molar-refractivity contribution in [3.63, 3.8) is 0 Å². The van der Waals surface area contributed by atoms with E-state index < -0.39 is 14.6 Å². The number of amides is 1. The molecule has 6 heteroatoms. The van der Waals surface area contributed by atoms with Crippen molar-refractivity contribution in [2.24, 2.45) is 0 Å². The molecule has 0 aliphatic heterocycles. The van der Waals surface area contributed by atoms with Crippen LogP contribution in [0, 0.1) is 0 Å². The highest BCUT2D eigenvalue weighted by molar-refractivity contribution is 7.92. The third-order valence-electron chi connectivity index (χ3n) is 2.95. The zero-order chi connectivity index (χ0) is 13.8. The van der Waals surface area contributed by atoms with Gasteiger partial charge >= 0.3 is 0 Å².